The minimum absolute atomic E-state index is 0.332. The van der Waals surface area contributed by atoms with Gasteiger partial charge in [0.05, 0.1) is 6.61 Å². The number of esters is 1. The summed E-state index contributed by atoms with van der Waals surface area (Å²) in [7, 11) is 0. The van der Waals surface area contributed by atoms with Crippen molar-refractivity contribution >= 4 is 28.9 Å². The van der Waals surface area contributed by atoms with E-state index in [1.54, 1.807) is 23.8 Å². The molecule has 4 nitrogen and oxygen atoms in total. The molecule has 0 N–H and O–H groups in total. The van der Waals surface area contributed by atoms with Crippen molar-refractivity contribution in [3.05, 3.63) is 70.5 Å². The summed E-state index contributed by atoms with van der Waals surface area (Å²) in [5.41, 5.74) is 2.40. The molecule has 6 heteroatoms. The number of benzene rings is 1. The number of halogens is 1. The number of thiazole rings is 1. The molecule has 3 aromatic rings. The van der Waals surface area contributed by atoms with Gasteiger partial charge in [-0.05, 0) is 42.7 Å². The summed E-state index contributed by atoms with van der Waals surface area (Å²) >= 11 is 7.38. The molecule has 0 aliphatic rings. The van der Waals surface area contributed by atoms with Gasteiger partial charge in [-0.1, -0.05) is 23.7 Å². The molecule has 0 aliphatic heterocycles. The Labute approximate surface area is 149 Å². The van der Waals surface area contributed by atoms with E-state index in [2.05, 4.69) is 9.97 Å². The zero-order valence-corrected chi connectivity index (χ0v) is 14.4. The number of carbonyl (C=O) groups excluding carboxylic acids is 1. The van der Waals surface area contributed by atoms with E-state index in [1.807, 2.05) is 30.3 Å². The van der Waals surface area contributed by atoms with Gasteiger partial charge < -0.3 is 4.74 Å². The molecule has 0 radical (unpaired) electrons. The third-order valence-corrected chi connectivity index (χ3v) is 4.50. The van der Waals surface area contributed by atoms with Crippen LogP contribution < -0.4 is 0 Å². The Morgan fingerprint density at radius 1 is 1.21 bits per heavy atom. The Bertz CT molecular complexity index is 821. The van der Waals surface area contributed by atoms with Gasteiger partial charge in [-0.2, -0.15) is 0 Å². The quantitative estimate of drug-likeness (QED) is 0.475. The Balaban J connectivity index is 1.52. The van der Waals surface area contributed by atoms with Crippen LogP contribution in [-0.4, -0.2) is 22.5 Å². The maximum absolute atomic E-state index is 12.1. The summed E-state index contributed by atoms with van der Waals surface area (Å²) in [5.74, 6) is -0.394. The van der Waals surface area contributed by atoms with Gasteiger partial charge in [0.1, 0.15) is 5.01 Å². The molecule has 2 aromatic heterocycles. The third kappa shape index (κ3) is 4.40. The van der Waals surface area contributed by atoms with Gasteiger partial charge in [-0.3, -0.25) is 4.98 Å². The molecule has 0 spiro atoms. The van der Waals surface area contributed by atoms with Crippen LogP contribution in [0.1, 0.15) is 22.5 Å². The normalized spacial score (nSPS) is 10.5. The van der Waals surface area contributed by atoms with E-state index in [0.717, 1.165) is 23.4 Å². The van der Waals surface area contributed by atoms with E-state index in [0.29, 0.717) is 17.3 Å². The van der Waals surface area contributed by atoms with Crippen LogP contribution in [0.15, 0.2) is 54.2 Å². The number of carbonyl (C=O) groups is 1. The van der Waals surface area contributed by atoms with E-state index in [4.69, 9.17) is 16.3 Å². The van der Waals surface area contributed by atoms with Gasteiger partial charge >= 0.3 is 5.97 Å². The monoisotopic (exact) mass is 358 g/mol. The van der Waals surface area contributed by atoms with Crippen molar-refractivity contribution in [3.63, 3.8) is 0 Å². The number of rotatable bonds is 6. The first-order valence-electron chi connectivity index (χ1n) is 7.50. The van der Waals surface area contributed by atoms with E-state index in [1.165, 1.54) is 16.9 Å². The second-order valence-electron chi connectivity index (χ2n) is 5.14. The van der Waals surface area contributed by atoms with Crippen molar-refractivity contribution in [2.75, 3.05) is 6.61 Å². The zero-order valence-electron chi connectivity index (χ0n) is 12.8. The molecule has 0 bridgehead atoms. The standard InChI is InChI=1S/C18H15ClN2O2S/c19-15-5-1-4-14(11-15)17-21-16(12-24-17)18(22)23-10-2-3-13-6-8-20-9-7-13/h1,4-9,11-12H,2-3,10H2. The zero-order chi connectivity index (χ0) is 16.8. The number of aromatic nitrogens is 2. The fourth-order valence-corrected chi connectivity index (χ4v) is 3.16. The highest BCUT2D eigenvalue weighted by Crippen LogP contribution is 2.26. The first kappa shape index (κ1) is 16.6. The average Bonchev–Trinajstić information content (AvgIpc) is 3.10. The lowest BCUT2D eigenvalue weighted by molar-refractivity contribution is 0.0495. The fourth-order valence-electron chi connectivity index (χ4n) is 2.19. The largest absolute Gasteiger partial charge is 0.461 e. The number of hydrogen-bond donors (Lipinski definition) is 0. The highest BCUT2D eigenvalue weighted by Gasteiger charge is 2.13. The van der Waals surface area contributed by atoms with E-state index in [-0.39, 0.29) is 0 Å². The SMILES string of the molecule is O=C(OCCCc1ccncc1)c1csc(-c2cccc(Cl)c2)n1. The lowest BCUT2D eigenvalue weighted by Crippen LogP contribution is -2.07. The Kier molecular flexibility index (Phi) is 5.56. The molecular weight excluding hydrogens is 344 g/mol. The number of pyridine rings is 1. The van der Waals surface area contributed by atoms with Gasteiger partial charge in [-0.25, -0.2) is 9.78 Å². The predicted octanol–water partition coefficient (Wildman–Crippen LogP) is 4.65. The van der Waals surface area contributed by atoms with Gasteiger partial charge in [-0.15, -0.1) is 11.3 Å². The molecule has 122 valence electrons. The van der Waals surface area contributed by atoms with Crippen LogP contribution in [0.4, 0.5) is 0 Å². The molecule has 3 rings (SSSR count). The van der Waals surface area contributed by atoms with Crippen LogP contribution in [0.3, 0.4) is 0 Å². The van der Waals surface area contributed by atoms with Crippen molar-refractivity contribution in [3.8, 4) is 10.6 Å². The smallest absolute Gasteiger partial charge is 0.357 e. The van der Waals surface area contributed by atoms with E-state index in [9.17, 15) is 4.79 Å². The van der Waals surface area contributed by atoms with Crippen molar-refractivity contribution in [2.24, 2.45) is 0 Å². The van der Waals surface area contributed by atoms with Gasteiger partial charge in [0.2, 0.25) is 0 Å². The summed E-state index contributed by atoms with van der Waals surface area (Å²) in [6, 6.07) is 11.3. The van der Waals surface area contributed by atoms with Crippen LogP contribution in [0.5, 0.6) is 0 Å². The first-order valence-corrected chi connectivity index (χ1v) is 8.75. The highest BCUT2D eigenvalue weighted by atomic mass is 35.5. The molecule has 0 unspecified atom stereocenters. The van der Waals surface area contributed by atoms with Gasteiger partial charge in [0, 0.05) is 28.4 Å². The molecule has 0 saturated carbocycles. The van der Waals surface area contributed by atoms with Crippen molar-refractivity contribution in [1.82, 2.24) is 9.97 Å². The summed E-state index contributed by atoms with van der Waals surface area (Å²) < 4.78 is 5.29. The summed E-state index contributed by atoms with van der Waals surface area (Å²) in [6.07, 6.45) is 5.13. The number of nitrogens with zero attached hydrogens (tertiary/aromatic N) is 2. The van der Waals surface area contributed by atoms with Gasteiger partial charge in [0.15, 0.2) is 5.69 Å². The summed E-state index contributed by atoms with van der Waals surface area (Å²) in [6.45, 7) is 0.366. The topological polar surface area (TPSA) is 52.1 Å². The van der Waals surface area contributed by atoms with E-state index < -0.39 is 5.97 Å². The molecule has 2 heterocycles. The predicted molar refractivity (Wildman–Crippen MR) is 95.4 cm³/mol. The lowest BCUT2D eigenvalue weighted by Gasteiger charge is -2.03. The maximum atomic E-state index is 12.1. The number of hydrogen-bond acceptors (Lipinski definition) is 5. The first-order chi connectivity index (χ1) is 11.7. The minimum Gasteiger partial charge on any atom is -0.461 e. The number of ether oxygens (including phenoxy) is 1. The second kappa shape index (κ2) is 8.04. The Morgan fingerprint density at radius 3 is 2.83 bits per heavy atom. The van der Waals surface area contributed by atoms with Crippen molar-refractivity contribution in [1.29, 1.82) is 0 Å². The molecule has 0 aliphatic carbocycles. The molecule has 1 aromatic carbocycles. The van der Waals surface area contributed by atoms with Crippen molar-refractivity contribution in [2.45, 2.75) is 12.8 Å². The minimum atomic E-state index is -0.394. The number of aryl methyl sites for hydroxylation is 1. The van der Waals surface area contributed by atoms with Crippen LogP contribution in [0.2, 0.25) is 5.02 Å². The van der Waals surface area contributed by atoms with Gasteiger partial charge in [0.25, 0.3) is 0 Å². The van der Waals surface area contributed by atoms with E-state index >= 15 is 0 Å². The van der Waals surface area contributed by atoms with Crippen LogP contribution in [0, 0.1) is 0 Å². The molecule has 24 heavy (non-hydrogen) atoms. The second-order valence-corrected chi connectivity index (χ2v) is 6.44. The van der Waals surface area contributed by atoms with Crippen LogP contribution in [0.25, 0.3) is 10.6 Å². The summed E-state index contributed by atoms with van der Waals surface area (Å²) in [5, 5.41) is 3.10. The Hall–Kier alpha value is -2.24. The molecule has 0 fully saturated rings. The lowest BCUT2D eigenvalue weighted by atomic mass is 10.1. The molecular formula is C18H15ClN2O2S. The highest BCUT2D eigenvalue weighted by molar-refractivity contribution is 7.13. The molecule has 0 atom stereocenters. The third-order valence-electron chi connectivity index (χ3n) is 3.38. The maximum Gasteiger partial charge on any atom is 0.357 e. The molecule has 0 saturated heterocycles. The Morgan fingerprint density at radius 2 is 2.04 bits per heavy atom. The average molecular weight is 359 g/mol. The molecule has 0 amide bonds. The summed E-state index contributed by atoms with van der Waals surface area (Å²) in [4.78, 5) is 20.4. The fraction of sp³-hybridized carbons (Fsp3) is 0.167. The van der Waals surface area contributed by atoms with Crippen LogP contribution >= 0.6 is 22.9 Å². The van der Waals surface area contributed by atoms with Crippen LogP contribution in [-0.2, 0) is 11.2 Å². The van der Waals surface area contributed by atoms with Crippen molar-refractivity contribution < 1.29 is 9.53 Å².